The third kappa shape index (κ3) is 3.50. The van der Waals surface area contributed by atoms with Crippen LogP contribution in [-0.2, 0) is 0 Å². The van der Waals surface area contributed by atoms with E-state index in [4.69, 9.17) is 4.52 Å². The van der Waals surface area contributed by atoms with Crippen LogP contribution in [0.4, 0.5) is 4.39 Å². The van der Waals surface area contributed by atoms with Crippen LogP contribution in [0.15, 0.2) is 59.3 Å². The quantitative estimate of drug-likeness (QED) is 0.505. The van der Waals surface area contributed by atoms with Gasteiger partial charge in [-0.2, -0.15) is 0 Å². The lowest BCUT2D eigenvalue weighted by Gasteiger charge is -2.04. The molecular weight excluding hydrogens is 383 g/mol. The number of hydrogen-bond donors (Lipinski definition) is 2. The molecule has 0 bridgehead atoms. The summed E-state index contributed by atoms with van der Waals surface area (Å²) in [5.41, 5.74) is 4.00. The SMILES string of the molecule is Cc1onc(-c2cccc(F)c2)c1-c1c[nH]c(-c2ccc(C(=O)NC3CC3)cc2)n1. The van der Waals surface area contributed by atoms with Gasteiger partial charge < -0.3 is 14.8 Å². The number of halogens is 1. The molecule has 2 aromatic heterocycles. The highest BCUT2D eigenvalue weighted by atomic mass is 19.1. The smallest absolute Gasteiger partial charge is 0.251 e. The van der Waals surface area contributed by atoms with E-state index < -0.39 is 0 Å². The second kappa shape index (κ2) is 7.26. The number of imidazole rings is 1. The molecule has 4 aromatic rings. The molecule has 1 aliphatic rings. The summed E-state index contributed by atoms with van der Waals surface area (Å²) in [6.07, 6.45) is 3.88. The fourth-order valence-corrected chi connectivity index (χ4v) is 3.38. The Hall–Kier alpha value is -3.74. The standard InChI is InChI=1S/C23H19FN4O2/c1-13-20(21(28-30-13)16-3-2-4-17(24)11-16)19-12-25-22(27-19)14-5-7-15(8-6-14)23(29)26-18-9-10-18/h2-8,11-12,18H,9-10H2,1H3,(H,25,27)(H,26,29). The number of rotatable bonds is 5. The van der Waals surface area contributed by atoms with E-state index in [2.05, 4.69) is 20.4 Å². The molecule has 150 valence electrons. The van der Waals surface area contributed by atoms with E-state index in [1.165, 1.54) is 12.1 Å². The van der Waals surface area contributed by atoms with Crippen molar-refractivity contribution in [3.8, 4) is 33.9 Å². The van der Waals surface area contributed by atoms with Crippen molar-refractivity contribution in [3.05, 3.63) is 71.9 Å². The largest absolute Gasteiger partial charge is 0.360 e. The Bertz CT molecular complexity index is 1220. The van der Waals surface area contributed by atoms with Crippen molar-refractivity contribution in [1.29, 1.82) is 0 Å². The van der Waals surface area contributed by atoms with Crippen molar-refractivity contribution in [2.24, 2.45) is 0 Å². The Balaban J connectivity index is 1.44. The molecular formula is C23H19FN4O2. The highest BCUT2D eigenvalue weighted by Crippen LogP contribution is 2.34. The number of benzene rings is 2. The van der Waals surface area contributed by atoms with Gasteiger partial charge in [0.1, 0.15) is 23.1 Å². The average molecular weight is 402 g/mol. The van der Waals surface area contributed by atoms with Gasteiger partial charge in [0.25, 0.3) is 5.91 Å². The Morgan fingerprint density at radius 3 is 2.70 bits per heavy atom. The zero-order valence-electron chi connectivity index (χ0n) is 16.3. The van der Waals surface area contributed by atoms with E-state index in [1.807, 2.05) is 12.1 Å². The van der Waals surface area contributed by atoms with Crippen LogP contribution in [0.5, 0.6) is 0 Å². The molecule has 2 N–H and O–H groups in total. The number of nitrogens with zero attached hydrogens (tertiary/aromatic N) is 2. The maximum Gasteiger partial charge on any atom is 0.251 e. The van der Waals surface area contributed by atoms with E-state index in [1.54, 1.807) is 37.4 Å². The molecule has 0 unspecified atom stereocenters. The summed E-state index contributed by atoms with van der Waals surface area (Å²) in [6.45, 7) is 1.80. The van der Waals surface area contributed by atoms with Crippen molar-refractivity contribution in [3.63, 3.8) is 0 Å². The normalized spacial score (nSPS) is 13.4. The molecule has 1 fully saturated rings. The second-order valence-electron chi connectivity index (χ2n) is 7.43. The van der Waals surface area contributed by atoms with Crippen LogP contribution >= 0.6 is 0 Å². The Morgan fingerprint density at radius 1 is 1.17 bits per heavy atom. The lowest BCUT2D eigenvalue weighted by atomic mass is 10.0. The van der Waals surface area contributed by atoms with Crippen LogP contribution in [0, 0.1) is 12.7 Å². The fourth-order valence-electron chi connectivity index (χ4n) is 3.38. The maximum atomic E-state index is 13.7. The second-order valence-corrected chi connectivity index (χ2v) is 7.43. The third-order valence-corrected chi connectivity index (χ3v) is 5.13. The minimum Gasteiger partial charge on any atom is -0.360 e. The van der Waals surface area contributed by atoms with Crippen molar-refractivity contribution >= 4 is 5.91 Å². The van der Waals surface area contributed by atoms with Gasteiger partial charge in [-0.25, -0.2) is 9.37 Å². The summed E-state index contributed by atoms with van der Waals surface area (Å²) in [7, 11) is 0. The van der Waals surface area contributed by atoms with Crippen LogP contribution in [0.25, 0.3) is 33.9 Å². The maximum absolute atomic E-state index is 13.7. The Morgan fingerprint density at radius 2 is 1.97 bits per heavy atom. The predicted molar refractivity (Wildman–Crippen MR) is 110 cm³/mol. The number of amides is 1. The third-order valence-electron chi connectivity index (χ3n) is 5.13. The molecule has 2 aromatic carbocycles. The van der Waals surface area contributed by atoms with E-state index in [0.29, 0.717) is 45.7 Å². The number of aromatic amines is 1. The number of nitrogens with one attached hydrogen (secondary N) is 2. The van der Waals surface area contributed by atoms with E-state index in [9.17, 15) is 9.18 Å². The number of hydrogen-bond acceptors (Lipinski definition) is 4. The molecule has 0 saturated heterocycles. The summed E-state index contributed by atoms with van der Waals surface area (Å²) < 4.78 is 19.0. The van der Waals surface area contributed by atoms with E-state index in [0.717, 1.165) is 18.4 Å². The first kappa shape index (κ1) is 18.3. The molecule has 0 aliphatic heterocycles. The number of carbonyl (C=O) groups excluding carboxylic acids is 1. The fraction of sp³-hybridized carbons (Fsp3) is 0.174. The molecule has 1 aliphatic carbocycles. The van der Waals surface area contributed by atoms with E-state index in [-0.39, 0.29) is 11.7 Å². The van der Waals surface area contributed by atoms with Gasteiger partial charge in [0.15, 0.2) is 0 Å². The van der Waals surface area contributed by atoms with Crippen LogP contribution in [0.3, 0.4) is 0 Å². The summed E-state index contributed by atoms with van der Waals surface area (Å²) >= 11 is 0. The minimum atomic E-state index is -0.340. The first-order chi connectivity index (χ1) is 14.6. The highest BCUT2D eigenvalue weighted by Gasteiger charge is 2.24. The van der Waals surface area contributed by atoms with Crippen LogP contribution < -0.4 is 5.32 Å². The first-order valence-electron chi connectivity index (χ1n) is 9.78. The van der Waals surface area contributed by atoms with Gasteiger partial charge >= 0.3 is 0 Å². The number of H-pyrrole nitrogens is 1. The van der Waals surface area contributed by atoms with Crippen LogP contribution in [0.2, 0.25) is 0 Å². The molecule has 1 amide bonds. The molecule has 0 radical (unpaired) electrons. The predicted octanol–water partition coefficient (Wildman–Crippen LogP) is 4.74. The topological polar surface area (TPSA) is 83.8 Å². The van der Waals surface area contributed by atoms with Crippen LogP contribution in [-0.4, -0.2) is 27.1 Å². The Kier molecular flexibility index (Phi) is 4.43. The van der Waals surface area contributed by atoms with Gasteiger partial charge in [0.05, 0.1) is 11.3 Å². The van der Waals surface area contributed by atoms with E-state index >= 15 is 0 Å². The van der Waals surface area contributed by atoms with Gasteiger partial charge in [-0.05, 0) is 44.0 Å². The van der Waals surface area contributed by atoms with Gasteiger partial charge in [0, 0.05) is 28.9 Å². The highest BCUT2D eigenvalue weighted by molar-refractivity contribution is 5.95. The van der Waals surface area contributed by atoms with Gasteiger partial charge in [-0.15, -0.1) is 0 Å². The molecule has 30 heavy (non-hydrogen) atoms. The van der Waals surface area contributed by atoms with Crippen LogP contribution in [0.1, 0.15) is 29.0 Å². The van der Waals surface area contributed by atoms with Crippen molar-refractivity contribution in [1.82, 2.24) is 20.4 Å². The summed E-state index contributed by atoms with van der Waals surface area (Å²) in [4.78, 5) is 20.0. The lowest BCUT2D eigenvalue weighted by Crippen LogP contribution is -2.25. The molecule has 7 heteroatoms. The molecule has 2 heterocycles. The lowest BCUT2D eigenvalue weighted by molar-refractivity contribution is 0.0951. The molecule has 6 nitrogen and oxygen atoms in total. The average Bonchev–Trinajstić information content (AvgIpc) is 3.28. The van der Waals surface area contributed by atoms with Gasteiger partial charge in [0.2, 0.25) is 0 Å². The molecule has 5 rings (SSSR count). The van der Waals surface area contributed by atoms with Crippen molar-refractivity contribution in [2.45, 2.75) is 25.8 Å². The van der Waals surface area contributed by atoms with Gasteiger partial charge in [-0.3, -0.25) is 4.79 Å². The first-order valence-corrected chi connectivity index (χ1v) is 9.78. The number of carbonyl (C=O) groups is 1. The van der Waals surface area contributed by atoms with Gasteiger partial charge in [-0.1, -0.05) is 29.4 Å². The molecule has 0 spiro atoms. The number of aromatic nitrogens is 3. The summed E-state index contributed by atoms with van der Waals surface area (Å²) in [6, 6.07) is 13.8. The summed E-state index contributed by atoms with van der Waals surface area (Å²) in [5, 5.41) is 7.08. The molecule has 0 atom stereocenters. The van der Waals surface area contributed by atoms with Crippen molar-refractivity contribution in [2.75, 3.05) is 0 Å². The Labute approximate surface area is 172 Å². The molecule has 1 saturated carbocycles. The summed E-state index contributed by atoms with van der Waals surface area (Å²) in [5.74, 6) is 0.862. The minimum absolute atomic E-state index is 0.0518. The monoisotopic (exact) mass is 402 g/mol. The zero-order valence-corrected chi connectivity index (χ0v) is 16.3. The zero-order chi connectivity index (χ0) is 20.7. The number of aryl methyl sites for hydroxylation is 1. The van der Waals surface area contributed by atoms with Crippen molar-refractivity contribution < 1.29 is 13.7 Å².